The van der Waals surface area contributed by atoms with Crippen molar-refractivity contribution in [2.75, 3.05) is 25.9 Å². The van der Waals surface area contributed by atoms with E-state index >= 15 is 0 Å². The van der Waals surface area contributed by atoms with Crippen LogP contribution in [-0.2, 0) is 17.8 Å². The minimum atomic E-state index is -0.818. The number of rotatable bonds is 6. The van der Waals surface area contributed by atoms with E-state index in [2.05, 4.69) is 33.6 Å². The van der Waals surface area contributed by atoms with E-state index in [0.717, 1.165) is 37.0 Å². The third kappa shape index (κ3) is 3.96. The normalized spacial score (nSPS) is 17.5. The van der Waals surface area contributed by atoms with Crippen LogP contribution in [0.1, 0.15) is 25.6 Å². The number of hydrogen-bond donors (Lipinski definition) is 1. The number of thioether (sulfide) groups is 1. The number of likely N-dealkylation sites (tertiary alicyclic amines) is 1. The van der Waals surface area contributed by atoms with Gasteiger partial charge in [-0.1, -0.05) is 18.7 Å². The van der Waals surface area contributed by atoms with Gasteiger partial charge in [-0.3, -0.25) is 4.79 Å². The van der Waals surface area contributed by atoms with Crippen molar-refractivity contribution in [2.45, 2.75) is 37.9 Å². The fourth-order valence-electron chi connectivity index (χ4n) is 2.50. The molecule has 0 saturated carbocycles. The van der Waals surface area contributed by atoms with Crippen molar-refractivity contribution in [3.8, 4) is 0 Å². The summed E-state index contributed by atoms with van der Waals surface area (Å²) in [6.07, 6.45) is 3.19. The Balaban J connectivity index is 2.04. The van der Waals surface area contributed by atoms with Crippen LogP contribution < -0.4 is 0 Å². The van der Waals surface area contributed by atoms with Gasteiger partial charge in [0.25, 0.3) is 0 Å². The van der Waals surface area contributed by atoms with Crippen LogP contribution in [0.5, 0.6) is 0 Å². The van der Waals surface area contributed by atoms with E-state index in [1.54, 1.807) is 0 Å². The maximum absolute atomic E-state index is 10.7. The summed E-state index contributed by atoms with van der Waals surface area (Å²) in [5, 5.41) is 17.9. The van der Waals surface area contributed by atoms with Gasteiger partial charge in [-0.15, -0.1) is 10.2 Å². The molecule has 0 amide bonds. The number of carbonyl (C=O) groups is 1. The molecule has 1 aliphatic heterocycles. The molecule has 0 radical (unpaired) electrons. The molecular weight excluding hydrogens is 276 g/mol. The zero-order valence-corrected chi connectivity index (χ0v) is 12.9. The standard InChI is InChI=1S/C13H22N4O2S/c1-3-11-14-15-13(20-9-12(18)19)17(11)8-10-4-6-16(2)7-5-10/h10H,3-9H2,1-2H3,(H,18,19). The number of nitrogens with zero attached hydrogens (tertiary/aromatic N) is 4. The Labute approximate surface area is 123 Å². The summed E-state index contributed by atoms with van der Waals surface area (Å²) in [6.45, 7) is 5.23. The summed E-state index contributed by atoms with van der Waals surface area (Å²) in [6, 6.07) is 0. The summed E-state index contributed by atoms with van der Waals surface area (Å²) in [4.78, 5) is 13.1. The molecule has 0 spiro atoms. The summed E-state index contributed by atoms with van der Waals surface area (Å²) in [5.74, 6) is 0.810. The molecule has 1 aliphatic rings. The van der Waals surface area contributed by atoms with Crippen LogP contribution in [0.3, 0.4) is 0 Å². The monoisotopic (exact) mass is 298 g/mol. The molecule has 0 aliphatic carbocycles. The highest BCUT2D eigenvalue weighted by Crippen LogP contribution is 2.23. The molecule has 2 heterocycles. The average molecular weight is 298 g/mol. The third-order valence-electron chi connectivity index (χ3n) is 3.71. The number of carboxylic acid groups (broad SMARTS) is 1. The molecule has 1 saturated heterocycles. The molecule has 0 atom stereocenters. The lowest BCUT2D eigenvalue weighted by Gasteiger charge is -2.29. The van der Waals surface area contributed by atoms with Gasteiger partial charge in [0.2, 0.25) is 0 Å². The Morgan fingerprint density at radius 3 is 2.70 bits per heavy atom. The topological polar surface area (TPSA) is 71.2 Å². The first-order valence-electron chi connectivity index (χ1n) is 7.05. The predicted molar refractivity (Wildman–Crippen MR) is 78.0 cm³/mol. The van der Waals surface area contributed by atoms with Crippen LogP contribution in [0.25, 0.3) is 0 Å². The van der Waals surface area contributed by atoms with Gasteiger partial charge in [-0.25, -0.2) is 0 Å². The van der Waals surface area contributed by atoms with E-state index in [4.69, 9.17) is 5.11 Å². The minimum absolute atomic E-state index is 0.0370. The molecule has 6 nitrogen and oxygen atoms in total. The second-order valence-electron chi connectivity index (χ2n) is 5.29. The lowest BCUT2D eigenvalue weighted by molar-refractivity contribution is -0.133. The number of aryl methyl sites for hydroxylation is 1. The van der Waals surface area contributed by atoms with E-state index in [1.807, 2.05) is 0 Å². The smallest absolute Gasteiger partial charge is 0.313 e. The van der Waals surface area contributed by atoms with E-state index in [0.29, 0.717) is 5.92 Å². The number of aliphatic carboxylic acids is 1. The number of hydrogen-bond acceptors (Lipinski definition) is 5. The Bertz CT molecular complexity index is 455. The van der Waals surface area contributed by atoms with Crippen molar-refractivity contribution >= 4 is 17.7 Å². The first-order valence-corrected chi connectivity index (χ1v) is 8.04. The van der Waals surface area contributed by atoms with Crippen molar-refractivity contribution in [3.63, 3.8) is 0 Å². The van der Waals surface area contributed by atoms with Gasteiger partial charge in [-0.05, 0) is 38.9 Å². The van der Waals surface area contributed by atoms with E-state index in [9.17, 15) is 4.79 Å². The first kappa shape index (κ1) is 15.3. The fourth-order valence-corrected chi connectivity index (χ4v) is 3.19. The summed E-state index contributed by atoms with van der Waals surface area (Å²) >= 11 is 1.26. The maximum Gasteiger partial charge on any atom is 0.313 e. The van der Waals surface area contributed by atoms with Gasteiger partial charge in [0.15, 0.2) is 5.16 Å². The van der Waals surface area contributed by atoms with E-state index in [-0.39, 0.29) is 5.75 Å². The molecule has 0 bridgehead atoms. The van der Waals surface area contributed by atoms with Crippen LogP contribution >= 0.6 is 11.8 Å². The largest absolute Gasteiger partial charge is 0.481 e. The Hall–Kier alpha value is -1.08. The summed E-state index contributed by atoms with van der Waals surface area (Å²) in [7, 11) is 2.15. The summed E-state index contributed by atoms with van der Waals surface area (Å²) < 4.78 is 2.11. The molecule has 1 aromatic heterocycles. The second-order valence-corrected chi connectivity index (χ2v) is 6.23. The van der Waals surface area contributed by atoms with E-state index < -0.39 is 5.97 Å². The quantitative estimate of drug-likeness (QED) is 0.800. The fraction of sp³-hybridized carbons (Fsp3) is 0.769. The van der Waals surface area contributed by atoms with Crippen molar-refractivity contribution in [1.82, 2.24) is 19.7 Å². The van der Waals surface area contributed by atoms with Gasteiger partial charge >= 0.3 is 5.97 Å². The second kappa shape index (κ2) is 7.08. The molecule has 20 heavy (non-hydrogen) atoms. The van der Waals surface area contributed by atoms with Crippen molar-refractivity contribution in [3.05, 3.63) is 5.82 Å². The average Bonchev–Trinajstić information content (AvgIpc) is 2.81. The molecule has 1 aromatic rings. The third-order valence-corrected chi connectivity index (χ3v) is 4.66. The van der Waals surface area contributed by atoms with Gasteiger partial charge < -0.3 is 14.6 Å². The van der Waals surface area contributed by atoms with Crippen LogP contribution in [0, 0.1) is 5.92 Å². The predicted octanol–water partition coefficient (Wildman–Crippen LogP) is 1.36. The van der Waals surface area contributed by atoms with Crippen molar-refractivity contribution in [2.24, 2.45) is 5.92 Å². The van der Waals surface area contributed by atoms with Crippen LogP contribution in [0.2, 0.25) is 0 Å². The van der Waals surface area contributed by atoms with Crippen LogP contribution in [0.15, 0.2) is 5.16 Å². The lowest BCUT2D eigenvalue weighted by atomic mass is 9.97. The number of piperidine rings is 1. The molecule has 112 valence electrons. The molecular formula is C13H22N4O2S. The molecule has 0 aromatic carbocycles. The van der Waals surface area contributed by atoms with Gasteiger partial charge in [-0.2, -0.15) is 0 Å². The Morgan fingerprint density at radius 1 is 1.40 bits per heavy atom. The molecule has 2 rings (SSSR count). The van der Waals surface area contributed by atoms with Crippen LogP contribution in [-0.4, -0.2) is 56.6 Å². The SMILES string of the molecule is CCc1nnc(SCC(=O)O)n1CC1CCN(C)CC1. The summed E-state index contributed by atoms with van der Waals surface area (Å²) in [5.41, 5.74) is 0. The molecule has 0 unspecified atom stereocenters. The van der Waals surface area contributed by atoms with Crippen molar-refractivity contribution < 1.29 is 9.90 Å². The van der Waals surface area contributed by atoms with Gasteiger partial charge in [0.1, 0.15) is 5.82 Å². The van der Waals surface area contributed by atoms with Gasteiger partial charge in [0.05, 0.1) is 5.75 Å². The number of carboxylic acids is 1. The highest BCUT2D eigenvalue weighted by atomic mass is 32.2. The highest BCUT2D eigenvalue weighted by molar-refractivity contribution is 7.99. The highest BCUT2D eigenvalue weighted by Gasteiger charge is 2.20. The Morgan fingerprint density at radius 2 is 2.10 bits per heavy atom. The lowest BCUT2D eigenvalue weighted by Crippen LogP contribution is -2.32. The minimum Gasteiger partial charge on any atom is -0.481 e. The molecule has 1 fully saturated rings. The zero-order valence-electron chi connectivity index (χ0n) is 12.1. The first-order chi connectivity index (χ1) is 9.60. The van der Waals surface area contributed by atoms with Gasteiger partial charge in [0, 0.05) is 13.0 Å². The molecule has 7 heteroatoms. The molecule has 1 N–H and O–H groups in total. The van der Waals surface area contributed by atoms with Crippen LogP contribution in [0.4, 0.5) is 0 Å². The van der Waals surface area contributed by atoms with Crippen molar-refractivity contribution in [1.29, 1.82) is 0 Å². The maximum atomic E-state index is 10.7. The van der Waals surface area contributed by atoms with E-state index in [1.165, 1.54) is 24.6 Å². The number of aromatic nitrogens is 3. The Kier molecular flexibility index (Phi) is 5.42. The zero-order chi connectivity index (χ0) is 14.5.